The molecule has 0 bridgehead atoms. The summed E-state index contributed by atoms with van der Waals surface area (Å²) in [6.45, 7) is 3.65. The molecular weight excluding hydrogens is 361 g/mol. The fourth-order valence-corrected chi connectivity index (χ4v) is 4.05. The van der Waals surface area contributed by atoms with Gasteiger partial charge in [0.05, 0.1) is 5.69 Å². The third-order valence-corrected chi connectivity index (χ3v) is 5.63. The number of benzene rings is 2. The number of amides is 1. The van der Waals surface area contributed by atoms with Gasteiger partial charge < -0.3 is 4.90 Å². The molecule has 138 valence electrons. The van der Waals surface area contributed by atoms with Crippen LogP contribution in [0.15, 0.2) is 60.0 Å². The fraction of sp³-hybridized carbons (Fsp3) is 0.238. The van der Waals surface area contributed by atoms with Crippen LogP contribution in [0.2, 0.25) is 0 Å². The molecule has 1 saturated heterocycles. The van der Waals surface area contributed by atoms with E-state index >= 15 is 0 Å². The molecule has 0 saturated carbocycles. The molecule has 0 unspecified atom stereocenters. The summed E-state index contributed by atoms with van der Waals surface area (Å²) in [5.41, 5.74) is 2.61. The van der Waals surface area contributed by atoms with Crippen molar-refractivity contribution < 1.29 is 9.18 Å². The molecule has 1 aliphatic rings. The third-order valence-electron chi connectivity index (χ3n) is 4.69. The van der Waals surface area contributed by atoms with Crippen molar-refractivity contribution in [3.05, 3.63) is 77.1 Å². The lowest BCUT2D eigenvalue weighted by atomic mass is 10.1. The van der Waals surface area contributed by atoms with Crippen molar-refractivity contribution in [2.75, 3.05) is 26.2 Å². The zero-order valence-electron chi connectivity index (χ0n) is 14.8. The maximum Gasteiger partial charge on any atom is 0.254 e. The Morgan fingerprint density at radius 1 is 1.04 bits per heavy atom. The minimum atomic E-state index is -0.378. The molecule has 1 aromatic heterocycles. The van der Waals surface area contributed by atoms with Crippen molar-refractivity contribution in [2.45, 2.75) is 6.54 Å². The average molecular weight is 381 g/mol. The van der Waals surface area contributed by atoms with Crippen LogP contribution in [0.25, 0.3) is 10.6 Å². The van der Waals surface area contributed by atoms with Crippen molar-refractivity contribution in [3.8, 4) is 10.6 Å². The quantitative estimate of drug-likeness (QED) is 0.688. The van der Waals surface area contributed by atoms with Crippen LogP contribution in [0.3, 0.4) is 0 Å². The van der Waals surface area contributed by atoms with Crippen molar-refractivity contribution in [3.63, 3.8) is 0 Å². The molecule has 1 aliphatic heterocycles. The summed E-state index contributed by atoms with van der Waals surface area (Å²) >= 11 is 1.66. The lowest BCUT2D eigenvalue weighted by Gasteiger charge is -2.34. The van der Waals surface area contributed by atoms with Gasteiger partial charge in [-0.25, -0.2) is 9.37 Å². The van der Waals surface area contributed by atoms with Gasteiger partial charge in [0.2, 0.25) is 0 Å². The Kier molecular flexibility index (Phi) is 5.27. The van der Waals surface area contributed by atoms with E-state index < -0.39 is 0 Å². The number of hydrogen-bond acceptors (Lipinski definition) is 4. The minimum Gasteiger partial charge on any atom is -0.336 e. The number of carbonyl (C=O) groups is 1. The standard InChI is InChI=1S/C21H20FN3OS/c22-18-8-4-7-17(13-18)21(26)25-11-9-24(10-12-25)14-19-15-27-20(23-19)16-5-2-1-3-6-16/h1-8,13,15H,9-12,14H2. The Morgan fingerprint density at radius 2 is 1.81 bits per heavy atom. The highest BCUT2D eigenvalue weighted by Crippen LogP contribution is 2.24. The van der Waals surface area contributed by atoms with Crippen LogP contribution in [-0.4, -0.2) is 46.9 Å². The highest BCUT2D eigenvalue weighted by atomic mass is 32.1. The molecule has 0 radical (unpaired) electrons. The number of nitrogens with zero attached hydrogens (tertiary/aromatic N) is 3. The van der Waals surface area contributed by atoms with Gasteiger partial charge >= 0.3 is 0 Å². The second-order valence-electron chi connectivity index (χ2n) is 6.59. The first kappa shape index (κ1) is 17.8. The Balaban J connectivity index is 1.33. The van der Waals surface area contributed by atoms with Gasteiger partial charge in [-0.2, -0.15) is 0 Å². The number of halogens is 1. The number of carbonyl (C=O) groups excluding carboxylic acids is 1. The van der Waals surface area contributed by atoms with Gasteiger partial charge in [0.15, 0.2) is 0 Å². The molecule has 0 N–H and O–H groups in total. The second kappa shape index (κ2) is 7.98. The Hall–Kier alpha value is -2.57. The average Bonchev–Trinajstić information content (AvgIpc) is 3.17. The number of piperazine rings is 1. The van der Waals surface area contributed by atoms with Crippen LogP contribution in [0.4, 0.5) is 4.39 Å². The summed E-state index contributed by atoms with van der Waals surface area (Å²) in [4.78, 5) is 21.3. The van der Waals surface area contributed by atoms with Crippen molar-refractivity contribution >= 4 is 17.2 Å². The minimum absolute atomic E-state index is 0.103. The largest absolute Gasteiger partial charge is 0.336 e. The molecule has 1 amide bonds. The number of aromatic nitrogens is 1. The van der Waals surface area contributed by atoms with E-state index in [2.05, 4.69) is 22.4 Å². The molecule has 0 aliphatic carbocycles. The van der Waals surface area contributed by atoms with E-state index in [1.54, 1.807) is 28.4 Å². The first-order valence-corrected chi connectivity index (χ1v) is 9.84. The van der Waals surface area contributed by atoms with E-state index in [1.807, 2.05) is 18.2 Å². The lowest BCUT2D eigenvalue weighted by Crippen LogP contribution is -2.48. The zero-order valence-corrected chi connectivity index (χ0v) is 15.7. The van der Waals surface area contributed by atoms with Crippen molar-refractivity contribution in [1.82, 2.24) is 14.8 Å². The van der Waals surface area contributed by atoms with Gasteiger partial charge in [0, 0.05) is 49.2 Å². The van der Waals surface area contributed by atoms with Crippen LogP contribution < -0.4 is 0 Å². The Bertz CT molecular complexity index is 920. The molecule has 27 heavy (non-hydrogen) atoms. The van der Waals surface area contributed by atoms with E-state index in [-0.39, 0.29) is 11.7 Å². The highest BCUT2D eigenvalue weighted by molar-refractivity contribution is 7.13. The molecule has 3 aromatic rings. The first-order valence-electron chi connectivity index (χ1n) is 8.96. The molecule has 4 nitrogen and oxygen atoms in total. The normalized spacial score (nSPS) is 15.1. The smallest absolute Gasteiger partial charge is 0.254 e. The van der Waals surface area contributed by atoms with Gasteiger partial charge in [-0.05, 0) is 18.2 Å². The maximum absolute atomic E-state index is 13.3. The molecule has 6 heteroatoms. The topological polar surface area (TPSA) is 36.4 Å². The predicted molar refractivity (Wildman–Crippen MR) is 105 cm³/mol. The van der Waals surface area contributed by atoms with Gasteiger partial charge in [-0.15, -0.1) is 11.3 Å². The number of hydrogen-bond donors (Lipinski definition) is 0. The van der Waals surface area contributed by atoms with E-state index in [0.29, 0.717) is 18.7 Å². The van der Waals surface area contributed by atoms with Crippen LogP contribution >= 0.6 is 11.3 Å². The number of thiazole rings is 1. The Morgan fingerprint density at radius 3 is 2.56 bits per heavy atom. The molecular formula is C21H20FN3OS. The number of rotatable bonds is 4. The SMILES string of the molecule is O=C(c1cccc(F)c1)N1CCN(Cc2csc(-c3ccccc3)n2)CC1. The summed E-state index contributed by atoms with van der Waals surface area (Å²) in [6, 6.07) is 16.1. The summed E-state index contributed by atoms with van der Waals surface area (Å²) in [5, 5.41) is 3.14. The zero-order chi connectivity index (χ0) is 18.6. The summed E-state index contributed by atoms with van der Waals surface area (Å²) in [5.74, 6) is -0.480. The summed E-state index contributed by atoms with van der Waals surface area (Å²) in [7, 11) is 0. The molecule has 1 fully saturated rings. The molecule has 0 spiro atoms. The van der Waals surface area contributed by atoms with Crippen molar-refractivity contribution in [1.29, 1.82) is 0 Å². The van der Waals surface area contributed by atoms with Gasteiger partial charge in [-0.1, -0.05) is 36.4 Å². The Labute approximate surface area is 161 Å². The van der Waals surface area contributed by atoms with Gasteiger partial charge in [0.1, 0.15) is 10.8 Å². The first-order chi connectivity index (χ1) is 13.2. The maximum atomic E-state index is 13.3. The van der Waals surface area contributed by atoms with Crippen molar-refractivity contribution in [2.24, 2.45) is 0 Å². The molecule has 2 heterocycles. The monoisotopic (exact) mass is 381 g/mol. The van der Waals surface area contributed by atoms with E-state index in [4.69, 9.17) is 4.98 Å². The van der Waals surface area contributed by atoms with Crippen LogP contribution in [0.1, 0.15) is 16.1 Å². The van der Waals surface area contributed by atoms with Gasteiger partial charge in [0.25, 0.3) is 5.91 Å². The fourth-order valence-electron chi connectivity index (χ4n) is 3.24. The second-order valence-corrected chi connectivity index (χ2v) is 7.45. The van der Waals surface area contributed by atoms with Crippen LogP contribution in [0.5, 0.6) is 0 Å². The van der Waals surface area contributed by atoms with E-state index in [1.165, 1.54) is 12.1 Å². The molecule has 4 rings (SSSR count). The molecule has 2 aromatic carbocycles. The predicted octanol–water partition coefficient (Wildman–Crippen LogP) is 3.91. The van der Waals surface area contributed by atoms with Crippen LogP contribution in [-0.2, 0) is 6.54 Å². The van der Waals surface area contributed by atoms with Gasteiger partial charge in [-0.3, -0.25) is 9.69 Å². The summed E-state index contributed by atoms with van der Waals surface area (Å²) < 4.78 is 13.3. The lowest BCUT2D eigenvalue weighted by molar-refractivity contribution is 0.0627. The molecule has 0 atom stereocenters. The third kappa shape index (κ3) is 4.23. The highest BCUT2D eigenvalue weighted by Gasteiger charge is 2.23. The summed E-state index contributed by atoms with van der Waals surface area (Å²) in [6.07, 6.45) is 0. The van der Waals surface area contributed by atoms with E-state index in [0.717, 1.165) is 35.9 Å². The van der Waals surface area contributed by atoms with Crippen LogP contribution in [0, 0.1) is 5.82 Å². The van der Waals surface area contributed by atoms with E-state index in [9.17, 15) is 9.18 Å².